The summed E-state index contributed by atoms with van der Waals surface area (Å²) in [5.74, 6) is 1.14. The predicted octanol–water partition coefficient (Wildman–Crippen LogP) is 4.43. The van der Waals surface area contributed by atoms with Crippen molar-refractivity contribution in [2.45, 2.75) is 51.0 Å². The number of nitrogens with zero attached hydrogens (tertiary/aromatic N) is 2. The molecule has 0 amide bonds. The highest BCUT2D eigenvalue weighted by molar-refractivity contribution is 9.10. The first-order chi connectivity index (χ1) is 8.45. The van der Waals surface area contributed by atoms with Crippen LogP contribution in [0.5, 0.6) is 0 Å². The average Bonchev–Trinajstić information content (AvgIpc) is 2.85. The number of aromatic nitrogens is 2. The summed E-state index contributed by atoms with van der Waals surface area (Å²) in [6, 6.07) is 0. The van der Waals surface area contributed by atoms with Crippen molar-refractivity contribution in [2.75, 3.05) is 7.11 Å². The first-order valence-corrected chi connectivity index (χ1v) is 7.41. The molecule has 1 aliphatic carbocycles. The van der Waals surface area contributed by atoms with Crippen molar-refractivity contribution in [2.24, 2.45) is 0 Å². The molecule has 0 N–H and O–H groups in total. The van der Waals surface area contributed by atoms with Gasteiger partial charge >= 0.3 is 0 Å². The third kappa shape index (κ3) is 2.70. The topological polar surface area (TPSA) is 35.0 Å². The van der Waals surface area contributed by atoms with Crippen molar-refractivity contribution in [1.29, 1.82) is 0 Å². The average molecular weight is 334 g/mol. The van der Waals surface area contributed by atoms with Crippen molar-refractivity contribution in [3.63, 3.8) is 0 Å². The summed E-state index contributed by atoms with van der Waals surface area (Å²) in [4.78, 5) is 9.02. The maximum atomic E-state index is 6.21. The Hall–Kier alpha value is -0.190. The second-order valence-corrected chi connectivity index (χ2v) is 6.38. The monoisotopic (exact) mass is 332 g/mol. The molecule has 1 heterocycles. The van der Waals surface area contributed by atoms with Crippen LogP contribution in [0, 0.1) is 0 Å². The van der Waals surface area contributed by atoms with Crippen LogP contribution >= 0.6 is 27.5 Å². The Morgan fingerprint density at radius 3 is 2.44 bits per heavy atom. The molecule has 0 aliphatic heterocycles. The van der Waals surface area contributed by atoms with E-state index in [1.54, 1.807) is 7.11 Å². The first-order valence-electron chi connectivity index (χ1n) is 6.24. The molecule has 0 unspecified atom stereocenters. The Balaban J connectivity index is 2.45. The molecule has 0 bridgehead atoms. The lowest BCUT2D eigenvalue weighted by atomic mass is 10.0. The molecule has 5 heteroatoms. The third-order valence-corrected chi connectivity index (χ3v) is 4.91. The van der Waals surface area contributed by atoms with E-state index in [0.29, 0.717) is 16.9 Å². The van der Waals surface area contributed by atoms with Crippen molar-refractivity contribution < 1.29 is 4.74 Å². The molecule has 1 aliphatic rings. The minimum Gasteiger partial charge on any atom is -0.371 e. The van der Waals surface area contributed by atoms with Gasteiger partial charge in [-0.3, -0.25) is 0 Å². The molecule has 2 rings (SSSR count). The van der Waals surface area contributed by atoms with Gasteiger partial charge in [-0.1, -0.05) is 24.4 Å². The van der Waals surface area contributed by atoms with E-state index in [1.807, 2.05) is 13.8 Å². The zero-order valence-corrected chi connectivity index (χ0v) is 13.3. The normalized spacial score (nSPS) is 17.4. The van der Waals surface area contributed by atoms with E-state index >= 15 is 0 Å². The molecule has 100 valence electrons. The number of hydrogen-bond donors (Lipinski definition) is 0. The van der Waals surface area contributed by atoms with Crippen LogP contribution in [0.3, 0.4) is 0 Å². The van der Waals surface area contributed by atoms with Crippen LogP contribution < -0.4 is 0 Å². The van der Waals surface area contributed by atoms with Gasteiger partial charge < -0.3 is 4.74 Å². The fraction of sp³-hybridized carbons (Fsp3) is 0.692. The largest absolute Gasteiger partial charge is 0.371 e. The number of methoxy groups -OCH3 is 1. The Bertz CT molecular complexity index is 445. The smallest absolute Gasteiger partial charge is 0.161 e. The van der Waals surface area contributed by atoms with E-state index in [9.17, 15) is 0 Å². The van der Waals surface area contributed by atoms with E-state index in [1.165, 1.54) is 25.7 Å². The Morgan fingerprint density at radius 2 is 1.89 bits per heavy atom. The SMILES string of the molecule is COC(C)(C)c1nc(Cl)c(Br)c(C2CCCC2)n1. The van der Waals surface area contributed by atoms with Gasteiger partial charge in [-0.05, 0) is 42.6 Å². The molecule has 18 heavy (non-hydrogen) atoms. The van der Waals surface area contributed by atoms with Crippen LogP contribution in [0.4, 0.5) is 0 Å². The van der Waals surface area contributed by atoms with Gasteiger partial charge in [0.25, 0.3) is 0 Å². The Morgan fingerprint density at radius 1 is 1.28 bits per heavy atom. The lowest BCUT2D eigenvalue weighted by molar-refractivity contribution is 0.0112. The van der Waals surface area contributed by atoms with Crippen LogP contribution in [-0.2, 0) is 10.3 Å². The Labute approximate surface area is 121 Å². The summed E-state index contributed by atoms with van der Waals surface area (Å²) >= 11 is 9.72. The number of halogens is 2. The van der Waals surface area contributed by atoms with Crippen LogP contribution in [0.1, 0.15) is 57.0 Å². The highest BCUT2D eigenvalue weighted by atomic mass is 79.9. The zero-order valence-electron chi connectivity index (χ0n) is 11.0. The minimum atomic E-state index is -0.516. The lowest BCUT2D eigenvalue weighted by Crippen LogP contribution is -2.24. The van der Waals surface area contributed by atoms with Crippen molar-refractivity contribution in [3.05, 3.63) is 21.1 Å². The second kappa shape index (κ2) is 5.43. The van der Waals surface area contributed by atoms with E-state index in [-0.39, 0.29) is 0 Å². The lowest BCUT2D eigenvalue weighted by Gasteiger charge is -2.23. The van der Waals surface area contributed by atoms with Gasteiger partial charge in [0.05, 0.1) is 10.2 Å². The van der Waals surface area contributed by atoms with Gasteiger partial charge in [0.1, 0.15) is 10.8 Å². The molecule has 0 saturated heterocycles. The number of rotatable bonds is 3. The standard InChI is InChI=1S/C13H18BrClN2O/c1-13(2,18-3)12-16-10(8-6-4-5-7-8)9(14)11(15)17-12/h8H,4-7H2,1-3H3. The third-order valence-electron chi connectivity index (χ3n) is 3.63. The summed E-state index contributed by atoms with van der Waals surface area (Å²) in [6.07, 6.45) is 4.89. The van der Waals surface area contributed by atoms with E-state index in [4.69, 9.17) is 21.3 Å². The summed E-state index contributed by atoms with van der Waals surface area (Å²) in [5.41, 5.74) is 0.519. The molecule has 1 saturated carbocycles. The van der Waals surface area contributed by atoms with Crippen LogP contribution in [-0.4, -0.2) is 17.1 Å². The minimum absolute atomic E-state index is 0.479. The molecule has 1 fully saturated rings. The maximum Gasteiger partial charge on any atom is 0.161 e. The van der Waals surface area contributed by atoms with Gasteiger partial charge in [0.2, 0.25) is 0 Å². The second-order valence-electron chi connectivity index (χ2n) is 5.23. The fourth-order valence-corrected chi connectivity index (χ4v) is 2.94. The molecule has 0 aromatic carbocycles. The molecule has 1 aromatic heterocycles. The zero-order chi connectivity index (χ0) is 13.3. The van der Waals surface area contributed by atoms with Gasteiger partial charge in [-0.2, -0.15) is 0 Å². The number of ether oxygens (including phenoxy) is 1. The van der Waals surface area contributed by atoms with Gasteiger partial charge in [0, 0.05) is 13.0 Å². The molecular weight excluding hydrogens is 316 g/mol. The van der Waals surface area contributed by atoms with Crippen molar-refractivity contribution in [3.8, 4) is 0 Å². The Kier molecular flexibility index (Phi) is 4.29. The highest BCUT2D eigenvalue weighted by Crippen LogP contribution is 2.39. The fourth-order valence-electron chi connectivity index (χ4n) is 2.27. The first kappa shape index (κ1) is 14.2. The number of hydrogen-bond acceptors (Lipinski definition) is 3. The quantitative estimate of drug-likeness (QED) is 0.767. The summed E-state index contributed by atoms with van der Waals surface area (Å²) in [5, 5.41) is 0.479. The molecular formula is C13H18BrClN2O. The summed E-state index contributed by atoms with van der Waals surface area (Å²) in [6.45, 7) is 3.90. The van der Waals surface area contributed by atoms with Crippen molar-refractivity contribution >= 4 is 27.5 Å². The molecule has 0 spiro atoms. The highest BCUT2D eigenvalue weighted by Gasteiger charge is 2.29. The van der Waals surface area contributed by atoms with E-state index in [2.05, 4.69) is 20.9 Å². The summed E-state index contributed by atoms with van der Waals surface area (Å²) in [7, 11) is 1.66. The molecule has 0 atom stereocenters. The maximum absolute atomic E-state index is 6.21. The van der Waals surface area contributed by atoms with Crippen LogP contribution in [0.15, 0.2) is 4.47 Å². The predicted molar refractivity (Wildman–Crippen MR) is 76.0 cm³/mol. The summed E-state index contributed by atoms with van der Waals surface area (Å²) < 4.78 is 6.28. The van der Waals surface area contributed by atoms with Gasteiger partial charge in [-0.25, -0.2) is 9.97 Å². The molecule has 1 aromatic rings. The van der Waals surface area contributed by atoms with Crippen LogP contribution in [0.25, 0.3) is 0 Å². The van der Waals surface area contributed by atoms with Crippen molar-refractivity contribution in [1.82, 2.24) is 9.97 Å². The van der Waals surface area contributed by atoms with E-state index < -0.39 is 5.60 Å². The molecule has 0 radical (unpaired) electrons. The van der Waals surface area contributed by atoms with Crippen LogP contribution in [0.2, 0.25) is 5.15 Å². The van der Waals surface area contributed by atoms with E-state index in [0.717, 1.165) is 10.2 Å². The van der Waals surface area contributed by atoms with Gasteiger partial charge in [0.15, 0.2) is 5.82 Å². The molecule has 3 nitrogen and oxygen atoms in total. The van der Waals surface area contributed by atoms with Gasteiger partial charge in [-0.15, -0.1) is 0 Å².